The van der Waals surface area contributed by atoms with Crippen LogP contribution >= 0.6 is 0 Å². The molecule has 0 bridgehead atoms. The van der Waals surface area contributed by atoms with Crippen molar-refractivity contribution in [1.82, 2.24) is 0 Å². The lowest BCUT2D eigenvalue weighted by atomic mass is 11.8. The number of hydrogen-bond acceptors (Lipinski definition) is 2. The number of hydrogen-bond donors (Lipinski definition) is 0. The van der Waals surface area contributed by atoms with Gasteiger partial charge in [0.25, 0.3) is 0 Å². The summed E-state index contributed by atoms with van der Waals surface area (Å²) < 4.78 is 10.0. The lowest BCUT2D eigenvalue weighted by molar-refractivity contribution is 0.258. The van der Waals surface area contributed by atoms with E-state index in [4.69, 9.17) is 8.85 Å². The standard InChI is InChI=1S/C4H12O2Si.C4H12Si/c1-5-7(3,4)6-2;1-5(2,3)4/h1-4H3;1-4H3. The van der Waals surface area contributed by atoms with E-state index in [1.165, 1.54) is 0 Å². The molecule has 0 unspecified atom stereocenters. The molecule has 0 aliphatic heterocycles. The van der Waals surface area contributed by atoms with Crippen LogP contribution in [0.2, 0.25) is 39.3 Å². The van der Waals surface area contributed by atoms with Crippen molar-refractivity contribution in [2.75, 3.05) is 14.2 Å². The average Bonchev–Trinajstić information content (AvgIpc) is 1.85. The average molecular weight is 208 g/mol. The van der Waals surface area contributed by atoms with Crippen molar-refractivity contribution in [2.24, 2.45) is 0 Å². The molecule has 0 aromatic heterocycles. The second-order valence-corrected chi connectivity index (χ2v) is 14.4. The largest absolute Gasteiger partial charge is 0.398 e. The summed E-state index contributed by atoms with van der Waals surface area (Å²) in [5.41, 5.74) is 0. The van der Waals surface area contributed by atoms with Gasteiger partial charge in [-0.3, -0.25) is 0 Å². The Hall–Kier alpha value is 0.354. The van der Waals surface area contributed by atoms with Crippen LogP contribution in [0.4, 0.5) is 0 Å². The molecule has 0 radical (unpaired) electrons. The third-order valence-corrected chi connectivity index (χ3v) is 2.95. The van der Waals surface area contributed by atoms with E-state index in [9.17, 15) is 0 Å². The summed E-state index contributed by atoms with van der Waals surface area (Å²) in [5, 5.41) is 0. The maximum atomic E-state index is 5.00. The van der Waals surface area contributed by atoms with Crippen LogP contribution in [0, 0.1) is 0 Å². The number of rotatable bonds is 2. The zero-order valence-corrected chi connectivity index (χ0v) is 11.8. The molecule has 0 aromatic rings. The van der Waals surface area contributed by atoms with Gasteiger partial charge in [-0.1, -0.05) is 26.2 Å². The third kappa shape index (κ3) is 22.4. The minimum atomic E-state index is -1.65. The molecule has 0 atom stereocenters. The highest BCUT2D eigenvalue weighted by Crippen LogP contribution is 1.99. The Kier molecular flexibility index (Phi) is 7.31. The quantitative estimate of drug-likeness (QED) is 0.650. The van der Waals surface area contributed by atoms with Gasteiger partial charge in [0.05, 0.1) is 0 Å². The molecule has 0 saturated carbocycles. The Morgan fingerprint density at radius 2 is 0.833 bits per heavy atom. The summed E-state index contributed by atoms with van der Waals surface area (Å²) in [6, 6.07) is 0. The van der Waals surface area contributed by atoms with Gasteiger partial charge in [0.15, 0.2) is 0 Å². The minimum Gasteiger partial charge on any atom is -0.398 e. The van der Waals surface area contributed by atoms with Crippen molar-refractivity contribution < 1.29 is 8.85 Å². The Labute approximate surface area is 79.5 Å². The molecule has 0 N–H and O–H groups in total. The molecule has 0 saturated heterocycles. The molecular formula is C8H24O2Si2. The van der Waals surface area contributed by atoms with Gasteiger partial charge >= 0.3 is 8.56 Å². The molecule has 2 nitrogen and oxygen atoms in total. The van der Waals surface area contributed by atoms with E-state index in [0.29, 0.717) is 0 Å². The fourth-order valence-electron chi connectivity index (χ4n) is 0.0833. The Morgan fingerprint density at radius 3 is 0.833 bits per heavy atom. The summed E-state index contributed by atoms with van der Waals surface area (Å²) >= 11 is 0. The second-order valence-electron chi connectivity index (χ2n) is 4.81. The predicted molar refractivity (Wildman–Crippen MR) is 60.7 cm³/mol. The molecule has 0 spiro atoms. The van der Waals surface area contributed by atoms with Gasteiger partial charge in [0, 0.05) is 22.3 Å². The molecule has 0 rings (SSSR count). The summed E-state index contributed by atoms with van der Waals surface area (Å²) in [6.07, 6.45) is 0. The monoisotopic (exact) mass is 208 g/mol. The summed E-state index contributed by atoms with van der Waals surface area (Å²) in [7, 11) is 1.09. The first kappa shape index (κ1) is 14.9. The summed E-state index contributed by atoms with van der Waals surface area (Å²) in [5.74, 6) is 0. The van der Waals surface area contributed by atoms with E-state index < -0.39 is 16.6 Å². The van der Waals surface area contributed by atoms with Crippen LogP contribution in [0.3, 0.4) is 0 Å². The van der Waals surface area contributed by atoms with Crippen LogP contribution in [0.5, 0.6) is 0 Å². The van der Waals surface area contributed by atoms with Crippen LogP contribution in [0.25, 0.3) is 0 Å². The SMILES string of the molecule is CO[Si](C)(C)OC.C[Si](C)(C)C. The smallest absolute Gasteiger partial charge is 0.331 e. The van der Waals surface area contributed by atoms with Crippen molar-refractivity contribution in [2.45, 2.75) is 39.3 Å². The van der Waals surface area contributed by atoms with Crippen molar-refractivity contribution in [3.63, 3.8) is 0 Å². The van der Waals surface area contributed by atoms with Gasteiger partial charge in [-0.15, -0.1) is 0 Å². The fourth-order valence-corrected chi connectivity index (χ4v) is 0.250. The second kappa shape index (κ2) is 5.91. The lowest BCUT2D eigenvalue weighted by Crippen LogP contribution is -2.31. The summed E-state index contributed by atoms with van der Waals surface area (Å²) in [6.45, 7) is 13.3. The molecule has 4 heteroatoms. The van der Waals surface area contributed by atoms with Crippen molar-refractivity contribution in [3.8, 4) is 0 Å². The van der Waals surface area contributed by atoms with Gasteiger partial charge in [-0.05, 0) is 13.1 Å². The molecule has 0 amide bonds. The molecule has 76 valence electrons. The maximum Gasteiger partial charge on any atom is 0.331 e. The highest BCUT2D eigenvalue weighted by atomic mass is 28.4. The molecule has 0 fully saturated rings. The van der Waals surface area contributed by atoms with Gasteiger partial charge in [0.2, 0.25) is 0 Å². The minimum absolute atomic E-state index is 0.611. The Balaban J connectivity index is 0. The molecule has 0 aliphatic carbocycles. The molecule has 12 heavy (non-hydrogen) atoms. The molecular weight excluding hydrogens is 184 g/mol. The van der Waals surface area contributed by atoms with E-state index in [0.717, 1.165) is 0 Å². The fraction of sp³-hybridized carbons (Fsp3) is 1.00. The van der Waals surface area contributed by atoms with Crippen molar-refractivity contribution in [3.05, 3.63) is 0 Å². The molecule has 0 heterocycles. The van der Waals surface area contributed by atoms with E-state index in [1.807, 2.05) is 13.1 Å². The highest BCUT2D eigenvalue weighted by Gasteiger charge is 2.19. The zero-order chi connectivity index (χ0) is 10.4. The van der Waals surface area contributed by atoms with Crippen LogP contribution < -0.4 is 0 Å². The molecule has 0 aromatic carbocycles. The van der Waals surface area contributed by atoms with Gasteiger partial charge in [0.1, 0.15) is 0 Å². The van der Waals surface area contributed by atoms with Gasteiger partial charge in [-0.25, -0.2) is 0 Å². The van der Waals surface area contributed by atoms with Crippen molar-refractivity contribution in [1.29, 1.82) is 0 Å². The highest BCUT2D eigenvalue weighted by molar-refractivity contribution is 6.74. The Bertz CT molecular complexity index is 96.1. The topological polar surface area (TPSA) is 18.5 Å². The lowest BCUT2D eigenvalue weighted by Gasteiger charge is -2.15. The third-order valence-electron chi connectivity index (χ3n) is 0.983. The van der Waals surface area contributed by atoms with Crippen LogP contribution in [-0.2, 0) is 8.85 Å². The van der Waals surface area contributed by atoms with Gasteiger partial charge < -0.3 is 8.85 Å². The summed E-state index contributed by atoms with van der Waals surface area (Å²) in [4.78, 5) is 0. The van der Waals surface area contributed by atoms with Crippen molar-refractivity contribution >= 4 is 16.6 Å². The van der Waals surface area contributed by atoms with E-state index in [2.05, 4.69) is 26.2 Å². The van der Waals surface area contributed by atoms with Gasteiger partial charge in [-0.2, -0.15) is 0 Å². The Morgan fingerprint density at radius 1 is 0.667 bits per heavy atom. The van der Waals surface area contributed by atoms with Crippen LogP contribution in [0.15, 0.2) is 0 Å². The van der Waals surface area contributed by atoms with E-state index in [1.54, 1.807) is 14.2 Å². The van der Waals surface area contributed by atoms with E-state index >= 15 is 0 Å². The predicted octanol–water partition coefficient (Wildman–Crippen LogP) is 2.94. The normalized spacial score (nSPS) is 12.0. The first-order chi connectivity index (χ1) is 5.12. The zero-order valence-electron chi connectivity index (χ0n) is 9.82. The van der Waals surface area contributed by atoms with Crippen LogP contribution in [0.1, 0.15) is 0 Å². The van der Waals surface area contributed by atoms with Crippen LogP contribution in [-0.4, -0.2) is 30.9 Å². The van der Waals surface area contributed by atoms with E-state index in [-0.39, 0.29) is 0 Å². The first-order valence-electron chi connectivity index (χ1n) is 4.22. The maximum absolute atomic E-state index is 5.00. The molecule has 0 aliphatic rings. The first-order valence-corrected chi connectivity index (χ1v) is 11.0.